The first-order valence-electron chi connectivity index (χ1n) is 5.64. The fourth-order valence-corrected chi connectivity index (χ4v) is 1.72. The standard InChI is InChI=1S/C14H10F3N3/c15-14(16,17)11-7-10(5-6-12(11)19)20-13-4-2-1-3-9(13)8-18/h1-7,20H,19H2. The van der Waals surface area contributed by atoms with Crippen LogP contribution < -0.4 is 11.1 Å². The summed E-state index contributed by atoms with van der Waals surface area (Å²) in [6, 6.07) is 12.0. The number of hydrogen-bond donors (Lipinski definition) is 2. The Labute approximate surface area is 113 Å². The Morgan fingerprint density at radius 1 is 1.10 bits per heavy atom. The highest BCUT2D eigenvalue weighted by Gasteiger charge is 2.33. The molecule has 20 heavy (non-hydrogen) atoms. The summed E-state index contributed by atoms with van der Waals surface area (Å²) < 4.78 is 38.3. The molecule has 0 aliphatic heterocycles. The third-order valence-electron chi connectivity index (χ3n) is 2.69. The Hall–Kier alpha value is -2.68. The number of hydrogen-bond acceptors (Lipinski definition) is 3. The first kappa shape index (κ1) is 13.7. The van der Waals surface area contributed by atoms with E-state index in [1.807, 2.05) is 6.07 Å². The van der Waals surface area contributed by atoms with E-state index in [4.69, 9.17) is 11.0 Å². The normalized spacial score (nSPS) is 10.9. The van der Waals surface area contributed by atoms with Gasteiger partial charge in [-0.2, -0.15) is 18.4 Å². The average molecular weight is 277 g/mol. The van der Waals surface area contributed by atoms with Crippen molar-refractivity contribution >= 4 is 17.1 Å². The second-order valence-electron chi connectivity index (χ2n) is 4.08. The first-order valence-corrected chi connectivity index (χ1v) is 5.64. The molecule has 0 saturated carbocycles. The Morgan fingerprint density at radius 2 is 1.80 bits per heavy atom. The third-order valence-corrected chi connectivity index (χ3v) is 2.69. The lowest BCUT2D eigenvalue weighted by molar-refractivity contribution is -0.136. The summed E-state index contributed by atoms with van der Waals surface area (Å²) in [7, 11) is 0. The molecule has 0 unspecified atom stereocenters. The van der Waals surface area contributed by atoms with E-state index in [-0.39, 0.29) is 11.4 Å². The Kier molecular flexibility index (Phi) is 3.53. The summed E-state index contributed by atoms with van der Waals surface area (Å²) in [4.78, 5) is 0. The van der Waals surface area contributed by atoms with Crippen molar-refractivity contribution in [1.29, 1.82) is 5.26 Å². The van der Waals surface area contributed by atoms with Crippen LogP contribution in [-0.4, -0.2) is 0 Å². The van der Waals surface area contributed by atoms with Crippen molar-refractivity contribution in [1.82, 2.24) is 0 Å². The maximum Gasteiger partial charge on any atom is 0.418 e. The number of alkyl halides is 3. The van der Waals surface area contributed by atoms with Crippen molar-refractivity contribution in [3.05, 3.63) is 53.6 Å². The lowest BCUT2D eigenvalue weighted by atomic mass is 10.1. The molecule has 3 N–H and O–H groups in total. The van der Waals surface area contributed by atoms with E-state index < -0.39 is 11.7 Å². The number of nitrogens with one attached hydrogen (secondary N) is 1. The maximum absolute atomic E-state index is 12.8. The number of para-hydroxylation sites is 1. The SMILES string of the molecule is N#Cc1ccccc1Nc1ccc(N)c(C(F)(F)F)c1. The lowest BCUT2D eigenvalue weighted by Gasteiger charge is -2.13. The molecular formula is C14H10F3N3. The van der Waals surface area contributed by atoms with Crippen molar-refractivity contribution < 1.29 is 13.2 Å². The predicted octanol–water partition coefficient (Wildman–Crippen LogP) is 3.90. The number of halogens is 3. The highest BCUT2D eigenvalue weighted by atomic mass is 19.4. The topological polar surface area (TPSA) is 61.8 Å². The molecular weight excluding hydrogens is 267 g/mol. The van der Waals surface area contributed by atoms with Crippen molar-refractivity contribution in [2.75, 3.05) is 11.1 Å². The number of anilines is 3. The van der Waals surface area contributed by atoms with Gasteiger partial charge in [0.25, 0.3) is 0 Å². The van der Waals surface area contributed by atoms with Gasteiger partial charge in [0, 0.05) is 11.4 Å². The lowest BCUT2D eigenvalue weighted by Crippen LogP contribution is -2.09. The van der Waals surface area contributed by atoms with Gasteiger partial charge in [-0.3, -0.25) is 0 Å². The monoisotopic (exact) mass is 277 g/mol. The van der Waals surface area contributed by atoms with Gasteiger partial charge in [0.15, 0.2) is 0 Å². The van der Waals surface area contributed by atoms with E-state index in [9.17, 15) is 13.2 Å². The van der Waals surface area contributed by atoms with Crippen LogP contribution >= 0.6 is 0 Å². The highest BCUT2D eigenvalue weighted by Crippen LogP contribution is 2.35. The highest BCUT2D eigenvalue weighted by molar-refractivity contribution is 5.69. The van der Waals surface area contributed by atoms with Gasteiger partial charge in [0.2, 0.25) is 0 Å². The van der Waals surface area contributed by atoms with E-state index in [2.05, 4.69) is 5.32 Å². The number of nitriles is 1. The number of nitrogens with two attached hydrogens (primary N) is 1. The molecule has 2 rings (SSSR count). The smallest absolute Gasteiger partial charge is 0.398 e. The second-order valence-corrected chi connectivity index (χ2v) is 4.08. The Balaban J connectivity index is 2.38. The Bertz CT molecular complexity index is 672. The molecule has 0 heterocycles. The molecule has 3 nitrogen and oxygen atoms in total. The molecule has 6 heteroatoms. The van der Waals surface area contributed by atoms with Gasteiger partial charge in [0.1, 0.15) is 6.07 Å². The van der Waals surface area contributed by atoms with Gasteiger partial charge in [-0.1, -0.05) is 12.1 Å². The van der Waals surface area contributed by atoms with Gasteiger partial charge < -0.3 is 11.1 Å². The van der Waals surface area contributed by atoms with Crippen LogP contribution in [-0.2, 0) is 6.18 Å². The molecule has 102 valence electrons. The second kappa shape index (κ2) is 5.13. The number of nitrogens with zero attached hydrogens (tertiary/aromatic N) is 1. The summed E-state index contributed by atoms with van der Waals surface area (Å²) in [5, 5.41) is 11.7. The summed E-state index contributed by atoms with van der Waals surface area (Å²) in [6.45, 7) is 0. The molecule has 2 aromatic rings. The van der Waals surface area contributed by atoms with Crippen molar-refractivity contribution in [3.8, 4) is 6.07 Å². The van der Waals surface area contributed by atoms with Gasteiger partial charge in [-0.15, -0.1) is 0 Å². The maximum atomic E-state index is 12.8. The van der Waals surface area contributed by atoms with Crippen LogP contribution in [0, 0.1) is 11.3 Å². The zero-order valence-electron chi connectivity index (χ0n) is 10.2. The molecule has 0 spiro atoms. The molecule has 0 fully saturated rings. The molecule has 0 saturated heterocycles. The van der Waals surface area contributed by atoms with Gasteiger partial charge in [0.05, 0.1) is 16.8 Å². The number of benzene rings is 2. The van der Waals surface area contributed by atoms with Crippen LogP contribution in [0.3, 0.4) is 0 Å². The summed E-state index contributed by atoms with van der Waals surface area (Å²) in [5.41, 5.74) is 5.08. The fourth-order valence-electron chi connectivity index (χ4n) is 1.72. The number of rotatable bonds is 2. The molecule has 2 aromatic carbocycles. The van der Waals surface area contributed by atoms with Crippen LogP contribution in [0.25, 0.3) is 0 Å². The van der Waals surface area contributed by atoms with Crippen LogP contribution in [0.15, 0.2) is 42.5 Å². The molecule has 0 aromatic heterocycles. The van der Waals surface area contributed by atoms with E-state index in [1.54, 1.807) is 24.3 Å². The number of nitrogen functional groups attached to an aromatic ring is 1. The third kappa shape index (κ3) is 2.83. The minimum atomic E-state index is -4.52. The van der Waals surface area contributed by atoms with Crippen molar-refractivity contribution in [2.24, 2.45) is 0 Å². The summed E-state index contributed by atoms with van der Waals surface area (Å²) in [5.74, 6) is 0. The summed E-state index contributed by atoms with van der Waals surface area (Å²) >= 11 is 0. The quantitative estimate of drug-likeness (QED) is 0.818. The molecule has 0 amide bonds. The van der Waals surface area contributed by atoms with Crippen molar-refractivity contribution in [3.63, 3.8) is 0 Å². The summed E-state index contributed by atoms with van der Waals surface area (Å²) in [6.07, 6.45) is -4.52. The first-order chi connectivity index (χ1) is 9.41. The van der Waals surface area contributed by atoms with Gasteiger partial charge in [-0.05, 0) is 30.3 Å². The van der Waals surface area contributed by atoms with Crippen LogP contribution in [0.4, 0.5) is 30.2 Å². The van der Waals surface area contributed by atoms with Gasteiger partial charge >= 0.3 is 6.18 Å². The molecule has 0 aliphatic rings. The van der Waals surface area contributed by atoms with Crippen molar-refractivity contribution in [2.45, 2.75) is 6.18 Å². The minimum absolute atomic E-state index is 0.217. The molecule has 0 atom stereocenters. The predicted molar refractivity (Wildman–Crippen MR) is 70.3 cm³/mol. The van der Waals surface area contributed by atoms with E-state index in [0.717, 1.165) is 6.07 Å². The molecule has 0 radical (unpaired) electrons. The van der Waals surface area contributed by atoms with Crippen LogP contribution in [0.2, 0.25) is 0 Å². The molecule has 0 aliphatic carbocycles. The van der Waals surface area contributed by atoms with E-state index >= 15 is 0 Å². The largest absolute Gasteiger partial charge is 0.418 e. The minimum Gasteiger partial charge on any atom is -0.398 e. The van der Waals surface area contributed by atoms with E-state index in [0.29, 0.717) is 11.3 Å². The van der Waals surface area contributed by atoms with Crippen LogP contribution in [0.5, 0.6) is 0 Å². The fraction of sp³-hybridized carbons (Fsp3) is 0.0714. The zero-order chi connectivity index (χ0) is 14.8. The van der Waals surface area contributed by atoms with E-state index in [1.165, 1.54) is 12.1 Å². The average Bonchev–Trinajstić information content (AvgIpc) is 2.40. The molecule has 0 bridgehead atoms. The zero-order valence-corrected chi connectivity index (χ0v) is 10.2. The van der Waals surface area contributed by atoms with Gasteiger partial charge in [-0.25, -0.2) is 0 Å². The van der Waals surface area contributed by atoms with Crippen LogP contribution in [0.1, 0.15) is 11.1 Å². The Morgan fingerprint density at radius 3 is 2.45 bits per heavy atom.